The number of ketones is 2. The monoisotopic (exact) mass is 434 g/mol. The number of hydrogen-bond donors (Lipinski definition) is 1. The number of carbonyl (C=O) groups is 3. The highest BCUT2D eigenvalue weighted by atomic mass is 16.6. The molecule has 0 aromatic heterocycles. The smallest absolute Gasteiger partial charge is 0.313 e. The first-order valence-electron chi connectivity index (χ1n) is 11.4. The zero-order chi connectivity index (χ0) is 23.8. The predicted octanol–water partition coefficient (Wildman–Crippen LogP) is 4.62. The van der Waals surface area contributed by atoms with Crippen molar-refractivity contribution in [2.75, 3.05) is 19.8 Å². The van der Waals surface area contributed by atoms with Gasteiger partial charge in [0.25, 0.3) is 0 Å². The summed E-state index contributed by atoms with van der Waals surface area (Å²) in [7, 11) is 0. The molecule has 30 heavy (non-hydrogen) atoms. The van der Waals surface area contributed by atoms with E-state index in [1.165, 1.54) is 13.3 Å². The van der Waals surface area contributed by atoms with Crippen molar-refractivity contribution in [3.8, 4) is 0 Å². The molecule has 0 aromatic rings. The van der Waals surface area contributed by atoms with Gasteiger partial charge in [0.2, 0.25) is 0 Å². The van der Waals surface area contributed by atoms with Gasteiger partial charge in [-0.05, 0) is 59.3 Å². The third-order valence-electron chi connectivity index (χ3n) is 3.64. The zero-order valence-electron chi connectivity index (χ0n) is 20.3. The third kappa shape index (κ3) is 26.7. The number of aliphatic hydroxyl groups excluding tert-OH is 1. The van der Waals surface area contributed by atoms with E-state index in [-0.39, 0.29) is 24.1 Å². The topological polar surface area (TPSA) is 99.1 Å². The van der Waals surface area contributed by atoms with Gasteiger partial charge in [-0.1, -0.05) is 27.7 Å². The molecule has 0 saturated carbocycles. The van der Waals surface area contributed by atoms with Crippen LogP contribution in [0.2, 0.25) is 0 Å². The van der Waals surface area contributed by atoms with Crippen molar-refractivity contribution in [1.82, 2.24) is 0 Å². The lowest BCUT2D eigenvalue weighted by Gasteiger charge is -2.20. The average Bonchev–Trinajstić information content (AvgIpc) is 2.72. The quantitative estimate of drug-likeness (QED) is 0.498. The van der Waals surface area contributed by atoms with Gasteiger partial charge in [-0.2, -0.15) is 0 Å². The van der Waals surface area contributed by atoms with Crippen molar-refractivity contribution in [2.24, 2.45) is 0 Å². The lowest BCUT2D eigenvalue weighted by Crippen LogP contribution is -2.21. The van der Waals surface area contributed by atoms with Gasteiger partial charge in [0.15, 0.2) is 6.29 Å². The molecule has 1 unspecified atom stereocenters. The maximum absolute atomic E-state index is 10.6. The van der Waals surface area contributed by atoms with Gasteiger partial charge in [-0.25, -0.2) is 0 Å². The summed E-state index contributed by atoms with van der Waals surface area (Å²) in [5.41, 5.74) is 0. The van der Waals surface area contributed by atoms with Crippen LogP contribution in [0.3, 0.4) is 0 Å². The predicted molar refractivity (Wildman–Crippen MR) is 119 cm³/mol. The van der Waals surface area contributed by atoms with E-state index < -0.39 is 12.3 Å². The average molecular weight is 435 g/mol. The van der Waals surface area contributed by atoms with E-state index in [0.717, 1.165) is 45.3 Å². The fourth-order valence-electron chi connectivity index (χ4n) is 2.43. The Balaban J connectivity index is -0.000000339. The van der Waals surface area contributed by atoms with Crippen molar-refractivity contribution in [3.05, 3.63) is 0 Å². The molecule has 2 atom stereocenters. The molecule has 7 heteroatoms. The molecule has 1 N–H and O–H groups in total. The van der Waals surface area contributed by atoms with Gasteiger partial charge in [-0.3, -0.25) is 14.4 Å². The number of carbonyl (C=O) groups excluding carboxylic acids is 3. The van der Waals surface area contributed by atoms with E-state index in [2.05, 4.69) is 4.74 Å². The van der Waals surface area contributed by atoms with Crippen LogP contribution in [-0.2, 0) is 28.6 Å². The van der Waals surface area contributed by atoms with Gasteiger partial charge in [0.05, 0.1) is 12.7 Å². The first-order chi connectivity index (χ1) is 14.3. The van der Waals surface area contributed by atoms with Gasteiger partial charge in [-0.15, -0.1) is 0 Å². The van der Waals surface area contributed by atoms with Crippen molar-refractivity contribution in [1.29, 1.82) is 0 Å². The number of ether oxygens (including phenoxy) is 3. The molecule has 2 heterocycles. The third-order valence-corrected chi connectivity index (χ3v) is 3.64. The molecular formula is C23H46O7. The summed E-state index contributed by atoms with van der Waals surface area (Å²) in [6.07, 6.45) is 6.76. The normalized spacial score (nSPS) is 19.5. The van der Waals surface area contributed by atoms with E-state index in [1.54, 1.807) is 13.8 Å². The second-order valence-electron chi connectivity index (χ2n) is 6.40. The van der Waals surface area contributed by atoms with Crippen molar-refractivity contribution in [3.63, 3.8) is 0 Å². The first kappa shape index (κ1) is 33.3. The minimum Gasteiger partial charge on any atom is -0.466 e. The first-order valence-corrected chi connectivity index (χ1v) is 11.4. The van der Waals surface area contributed by atoms with Crippen LogP contribution in [0.15, 0.2) is 0 Å². The molecule has 2 saturated heterocycles. The van der Waals surface area contributed by atoms with Crippen LogP contribution in [0, 0.1) is 0 Å². The van der Waals surface area contributed by atoms with Crippen LogP contribution in [-0.4, -0.2) is 54.9 Å². The zero-order valence-corrected chi connectivity index (χ0v) is 20.3. The summed E-state index contributed by atoms with van der Waals surface area (Å²) in [6.45, 7) is 14.6. The molecular weight excluding hydrogens is 388 g/mol. The molecule has 0 bridgehead atoms. The van der Waals surface area contributed by atoms with Crippen molar-refractivity contribution >= 4 is 17.5 Å². The van der Waals surface area contributed by atoms with Crippen LogP contribution in [0.4, 0.5) is 0 Å². The molecule has 0 amide bonds. The SMILES string of the molecule is CC.CC.CC(=O)C[C@H]1CCCCO1.CCOC(=O)CC(C)=O.OC1CCCCO1. The fraction of sp³-hybridized carbons (Fsp3) is 0.870. The van der Waals surface area contributed by atoms with Crippen molar-refractivity contribution in [2.45, 2.75) is 112 Å². The van der Waals surface area contributed by atoms with Crippen LogP contribution in [0.1, 0.15) is 99.8 Å². The number of Topliss-reactive ketones (excluding diaryl/α,β-unsaturated/α-hetero) is 2. The van der Waals surface area contributed by atoms with Crippen LogP contribution >= 0.6 is 0 Å². The highest BCUT2D eigenvalue weighted by Gasteiger charge is 2.14. The Hall–Kier alpha value is -1.31. The highest BCUT2D eigenvalue weighted by molar-refractivity contribution is 5.94. The minimum absolute atomic E-state index is 0.103. The molecule has 2 aliphatic rings. The van der Waals surface area contributed by atoms with Crippen LogP contribution < -0.4 is 0 Å². The molecule has 0 spiro atoms. The molecule has 2 rings (SSSR count). The van der Waals surface area contributed by atoms with Gasteiger partial charge >= 0.3 is 5.97 Å². The molecule has 0 radical (unpaired) electrons. The summed E-state index contributed by atoms with van der Waals surface area (Å²) in [5.74, 6) is -0.356. The second kappa shape index (κ2) is 25.7. The van der Waals surface area contributed by atoms with Crippen LogP contribution in [0.25, 0.3) is 0 Å². The summed E-state index contributed by atoms with van der Waals surface area (Å²) < 4.78 is 14.7. The second-order valence-corrected chi connectivity index (χ2v) is 6.40. The highest BCUT2D eigenvalue weighted by Crippen LogP contribution is 2.15. The summed E-state index contributed by atoms with van der Waals surface area (Å²) in [4.78, 5) is 31.3. The Kier molecular flexibility index (Phi) is 28.6. The molecule has 7 nitrogen and oxygen atoms in total. The molecule has 0 aliphatic carbocycles. The van der Waals surface area contributed by atoms with E-state index in [4.69, 9.17) is 14.6 Å². The van der Waals surface area contributed by atoms with Gasteiger partial charge < -0.3 is 19.3 Å². The summed E-state index contributed by atoms with van der Waals surface area (Å²) >= 11 is 0. The van der Waals surface area contributed by atoms with E-state index >= 15 is 0 Å². The Morgan fingerprint density at radius 1 is 0.867 bits per heavy atom. The molecule has 180 valence electrons. The number of rotatable bonds is 5. The Bertz CT molecular complexity index is 398. The molecule has 2 aliphatic heterocycles. The van der Waals surface area contributed by atoms with E-state index in [9.17, 15) is 14.4 Å². The molecule has 0 aromatic carbocycles. The minimum atomic E-state index is -0.464. The fourth-order valence-corrected chi connectivity index (χ4v) is 2.43. The van der Waals surface area contributed by atoms with Crippen LogP contribution in [0.5, 0.6) is 0 Å². The number of aliphatic hydroxyl groups is 1. The largest absolute Gasteiger partial charge is 0.466 e. The van der Waals surface area contributed by atoms with Crippen molar-refractivity contribution < 1.29 is 33.7 Å². The van der Waals surface area contributed by atoms with Gasteiger partial charge in [0.1, 0.15) is 18.0 Å². The maximum Gasteiger partial charge on any atom is 0.313 e. The van der Waals surface area contributed by atoms with E-state index in [0.29, 0.717) is 13.0 Å². The standard InChI is InChI=1S/C8H14O2.C6H10O3.C5H10O2.2C2H6/c1-7(9)6-8-4-2-3-5-10-8;1-3-9-6(8)4-5(2)7;6-5-3-1-2-4-7-5;2*1-2/h8H,2-6H2,1H3;3-4H2,1-2H3;5-6H,1-4H2;2*1-2H3/t8-;;;;/m1..../s1. The Morgan fingerprint density at radius 2 is 1.40 bits per heavy atom. The Morgan fingerprint density at radius 3 is 1.70 bits per heavy atom. The number of esters is 1. The lowest BCUT2D eigenvalue weighted by molar-refractivity contribution is -0.145. The molecule has 2 fully saturated rings. The van der Waals surface area contributed by atoms with E-state index in [1.807, 2.05) is 27.7 Å². The maximum atomic E-state index is 10.6. The van der Waals surface area contributed by atoms with Gasteiger partial charge in [0, 0.05) is 19.6 Å². The Labute approximate surface area is 183 Å². The summed E-state index contributed by atoms with van der Waals surface area (Å²) in [5, 5.41) is 8.69. The summed E-state index contributed by atoms with van der Waals surface area (Å²) in [6, 6.07) is 0. The lowest BCUT2D eigenvalue weighted by atomic mass is 10.1. The number of hydrogen-bond acceptors (Lipinski definition) is 7.